The van der Waals surface area contributed by atoms with E-state index in [-0.39, 0.29) is 0 Å². The number of H-pyrrole nitrogens is 1. The summed E-state index contributed by atoms with van der Waals surface area (Å²) in [7, 11) is 5.80. The van der Waals surface area contributed by atoms with Crippen LogP contribution < -0.4 is 9.47 Å². The summed E-state index contributed by atoms with van der Waals surface area (Å²) in [6.07, 6.45) is 2.04. The molecule has 0 fully saturated rings. The molecule has 0 aliphatic carbocycles. The fourth-order valence-corrected chi connectivity index (χ4v) is 2.70. The lowest BCUT2D eigenvalue weighted by molar-refractivity contribution is 0.307. The topological polar surface area (TPSA) is 37.5 Å². The zero-order valence-corrected chi connectivity index (χ0v) is 13.8. The van der Waals surface area contributed by atoms with E-state index in [0.29, 0.717) is 6.61 Å². The van der Waals surface area contributed by atoms with Gasteiger partial charge in [-0.3, -0.25) is 0 Å². The Balaban J connectivity index is 1.96. The molecule has 0 aliphatic heterocycles. The Hall–Kier alpha value is -2.46. The minimum Gasteiger partial charge on any atom is -0.497 e. The van der Waals surface area contributed by atoms with Gasteiger partial charge in [-0.2, -0.15) is 0 Å². The monoisotopic (exact) mass is 310 g/mol. The zero-order valence-electron chi connectivity index (χ0n) is 13.8. The van der Waals surface area contributed by atoms with Gasteiger partial charge in [0.15, 0.2) is 0 Å². The maximum absolute atomic E-state index is 6.11. The largest absolute Gasteiger partial charge is 0.497 e. The lowest BCUT2D eigenvalue weighted by Crippen LogP contribution is -2.10. The molecule has 0 bridgehead atoms. The molecule has 0 saturated carbocycles. The molecule has 0 saturated heterocycles. The first-order valence-corrected chi connectivity index (χ1v) is 7.67. The van der Waals surface area contributed by atoms with Crippen molar-refractivity contribution in [2.75, 3.05) is 21.2 Å². The first-order valence-electron chi connectivity index (χ1n) is 7.67. The number of fused-ring (bicyclic) bond motifs is 1. The molecule has 0 unspecified atom stereocenters. The van der Waals surface area contributed by atoms with Crippen LogP contribution >= 0.6 is 0 Å². The van der Waals surface area contributed by atoms with Crippen LogP contribution in [-0.4, -0.2) is 31.1 Å². The molecular weight excluding hydrogens is 288 g/mol. The van der Waals surface area contributed by atoms with Crippen molar-refractivity contribution in [3.8, 4) is 11.5 Å². The summed E-state index contributed by atoms with van der Waals surface area (Å²) in [5.41, 5.74) is 3.40. The summed E-state index contributed by atoms with van der Waals surface area (Å²) in [5, 5.41) is 1.12. The Morgan fingerprint density at radius 3 is 2.57 bits per heavy atom. The van der Waals surface area contributed by atoms with Crippen LogP contribution in [0, 0.1) is 0 Å². The number of nitrogens with zero attached hydrogens (tertiary/aromatic N) is 1. The summed E-state index contributed by atoms with van der Waals surface area (Å²) in [6, 6.07) is 14.1. The molecule has 120 valence electrons. The van der Waals surface area contributed by atoms with E-state index in [2.05, 4.69) is 36.1 Å². The first kappa shape index (κ1) is 15.4. The third kappa shape index (κ3) is 3.48. The third-order valence-corrected chi connectivity index (χ3v) is 3.76. The molecule has 0 spiro atoms. The Kier molecular flexibility index (Phi) is 4.53. The molecule has 3 rings (SSSR count). The fourth-order valence-electron chi connectivity index (χ4n) is 2.70. The molecule has 4 heteroatoms. The fraction of sp³-hybridized carbons (Fsp3) is 0.263. The lowest BCUT2D eigenvalue weighted by Gasteiger charge is -2.13. The van der Waals surface area contributed by atoms with Gasteiger partial charge in [0.05, 0.1) is 12.6 Å². The molecule has 0 aliphatic rings. The molecular formula is C19H22N2O2. The van der Waals surface area contributed by atoms with Gasteiger partial charge in [0.25, 0.3) is 0 Å². The van der Waals surface area contributed by atoms with Crippen molar-refractivity contribution in [2.45, 2.75) is 13.2 Å². The van der Waals surface area contributed by atoms with Gasteiger partial charge in [0.1, 0.15) is 18.1 Å². The van der Waals surface area contributed by atoms with Crippen LogP contribution in [0.4, 0.5) is 0 Å². The van der Waals surface area contributed by atoms with E-state index in [0.717, 1.165) is 34.5 Å². The van der Waals surface area contributed by atoms with Crippen LogP contribution in [0.2, 0.25) is 0 Å². The summed E-state index contributed by atoms with van der Waals surface area (Å²) in [6.45, 7) is 1.39. The predicted octanol–water partition coefficient (Wildman–Crippen LogP) is 3.82. The second-order valence-electron chi connectivity index (χ2n) is 5.87. The summed E-state index contributed by atoms with van der Waals surface area (Å²) in [5.74, 6) is 1.64. The second kappa shape index (κ2) is 6.75. The van der Waals surface area contributed by atoms with Gasteiger partial charge in [0, 0.05) is 30.3 Å². The SMILES string of the molecule is COc1cc(OCc2ccccc2)c2c(CN(C)C)c[nH]c2c1. The maximum atomic E-state index is 6.11. The normalized spacial score (nSPS) is 11.1. The number of ether oxygens (including phenoxy) is 2. The molecule has 0 radical (unpaired) electrons. The average molecular weight is 310 g/mol. The molecule has 4 nitrogen and oxygen atoms in total. The number of benzene rings is 2. The van der Waals surface area contributed by atoms with Crippen LogP contribution in [-0.2, 0) is 13.2 Å². The number of nitrogens with one attached hydrogen (secondary N) is 1. The zero-order chi connectivity index (χ0) is 16.2. The van der Waals surface area contributed by atoms with Gasteiger partial charge in [-0.25, -0.2) is 0 Å². The number of aromatic amines is 1. The molecule has 3 aromatic rings. The van der Waals surface area contributed by atoms with E-state index >= 15 is 0 Å². The Morgan fingerprint density at radius 1 is 1.09 bits per heavy atom. The van der Waals surface area contributed by atoms with Crippen LogP contribution in [0.5, 0.6) is 11.5 Å². The Bertz CT molecular complexity index is 779. The van der Waals surface area contributed by atoms with Crippen LogP contribution in [0.25, 0.3) is 10.9 Å². The standard InChI is InChI=1S/C19H22N2O2/c1-21(2)12-15-11-20-17-9-16(22-3)10-18(19(15)17)23-13-14-7-5-4-6-8-14/h4-11,20H,12-13H2,1-3H3. The Morgan fingerprint density at radius 2 is 1.87 bits per heavy atom. The van der Waals surface area contributed by atoms with E-state index in [1.165, 1.54) is 5.56 Å². The lowest BCUT2D eigenvalue weighted by atomic mass is 10.1. The molecule has 23 heavy (non-hydrogen) atoms. The summed E-state index contributed by atoms with van der Waals surface area (Å²) < 4.78 is 11.5. The van der Waals surface area contributed by atoms with Crippen molar-refractivity contribution >= 4 is 10.9 Å². The maximum Gasteiger partial charge on any atom is 0.133 e. The highest BCUT2D eigenvalue weighted by Gasteiger charge is 2.13. The smallest absolute Gasteiger partial charge is 0.133 e. The van der Waals surface area contributed by atoms with Crippen LogP contribution in [0.15, 0.2) is 48.7 Å². The van der Waals surface area contributed by atoms with Gasteiger partial charge >= 0.3 is 0 Å². The van der Waals surface area contributed by atoms with Crippen LogP contribution in [0.3, 0.4) is 0 Å². The number of methoxy groups -OCH3 is 1. The summed E-state index contributed by atoms with van der Waals surface area (Å²) in [4.78, 5) is 5.47. The van der Waals surface area contributed by atoms with E-state index in [1.54, 1.807) is 7.11 Å². The first-order chi connectivity index (χ1) is 11.2. The van der Waals surface area contributed by atoms with E-state index < -0.39 is 0 Å². The predicted molar refractivity (Wildman–Crippen MR) is 93.0 cm³/mol. The highest BCUT2D eigenvalue weighted by Crippen LogP contribution is 2.34. The quantitative estimate of drug-likeness (QED) is 0.752. The highest BCUT2D eigenvalue weighted by molar-refractivity contribution is 5.90. The van der Waals surface area contributed by atoms with Crippen molar-refractivity contribution < 1.29 is 9.47 Å². The molecule has 1 heterocycles. The van der Waals surface area contributed by atoms with Gasteiger partial charge in [-0.05, 0) is 25.2 Å². The number of hydrogen-bond donors (Lipinski definition) is 1. The van der Waals surface area contributed by atoms with E-state index in [4.69, 9.17) is 9.47 Å². The number of aromatic nitrogens is 1. The van der Waals surface area contributed by atoms with Crippen molar-refractivity contribution in [1.29, 1.82) is 0 Å². The highest BCUT2D eigenvalue weighted by atomic mass is 16.5. The van der Waals surface area contributed by atoms with Crippen molar-refractivity contribution in [3.63, 3.8) is 0 Å². The van der Waals surface area contributed by atoms with Gasteiger partial charge in [-0.1, -0.05) is 30.3 Å². The van der Waals surface area contributed by atoms with Crippen molar-refractivity contribution in [1.82, 2.24) is 9.88 Å². The minimum absolute atomic E-state index is 0.537. The molecule has 0 atom stereocenters. The van der Waals surface area contributed by atoms with Gasteiger partial charge in [-0.15, -0.1) is 0 Å². The van der Waals surface area contributed by atoms with Gasteiger partial charge in [0.2, 0.25) is 0 Å². The number of rotatable bonds is 6. The molecule has 1 aromatic heterocycles. The molecule has 2 aromatic carbocycles. The van der Waals surface area contributed by atoms with E-state index in [9.17, 15) is 0 Å². The third-order valence-electron chi connectivity index (χ3n) is 3.76. The summed E-state index contributed by atoms with van der Waals surface area (Å²) >= 11 is 0. The second-order valence-corrected chi connectivity index (χ2v) is 5.87. The van der Waals surface area contributed by atoms with Crippen molar-refractivity contribution in [3.05, 3.63) is 59.8 Å². The Labute approximate surface area is 136 Å². The van der Waals surface area contributed by atoms with Crippen LogP contribution in [0.1, 0.15) is 11.1 Å². The molecule has 1 N–H and O–H groups in total. The van der Waals surface area contributed by atoms with E-state index in [1.807, 2.05) is 36.5 Å². The van der Waals surface area contributed by atoms with Gasteiger partial charge < -0.3 is 19.4 Å². The average Bonchev–Trinajstić information content (AvgIpc) is 2.95. The number of hydrogen-bond acceptors (Lipinski definition) is 3. The minimum atomic E-state index is 0.537. The molecule has 0 amide bonds. The van der Waals surface area contributed by atoms with Crippen molar-refractivity contribution in [2.24, 2.45) is 0 Å².